The van der Waals surface area contributed by atoms with Gasteiger partial charge in [0.05, 0.1) is 13.7 Å². The second-order valence-electron chi connectivity index (χ2n) is 1.92. The molecule has 0 fully saturated rings. The van der Waals surface area contributed by atoms with Gasteiger partial charge in [0.15, 0.2) is 0 Å². The van der Waals surface area contributed by atoms with Gasteiger partial charge in [0.1, 0.15) is 6.23 Å². The van der Waals surface area contributed by atoms with Gasteiger partial charge in [-0.3, -0.25) is 0 Å². The topological polar surface area (TPSA) is 45.1 Å². The van der Waals surface area contributed by atoms with Crippen molar-refractivity contribution in [3.63, 3.8) is 0 Å². The minimum atomic E-state index is -0.500. The zero-order chi connectivity index (χ0) is 6.85. The van der Waals surface area contributed by atoms with E-state index in [0.29, 0.717) is 12.6 Å². The molecule has 1 unspecified atom stereocenters. The van der Waals surface area contributed by atoms with E-state index in [-0.39, 0.29) is 0 Å². The summed E-state index contributed by atoms with van der Waals surface area (Å²) in [4.78, 5) is 5.47. The first-order valence-corrected chi connectivity index (χ1v) is 2.75. The van der Waals surface area contributed by atoms with Gasteiger partial charge in [-0.05, 0) is 0 Å². The van der Waals surface area contributed by atoms with Crippen molar-refractivity contribution in [2.75, 3.05) is 20.7 Å². The number of methoxy groups -OCH3 is 1. The van der Waals surface area contributed by atoms with Gasteiger partial charge < -0.3 is 14.7 Å². The Morgan fingerprint density at radius 3 is 2.78 bits per heavy atom. The Morgan fingerprint density at radius 1 is 1.89 bits per heavy atom. The van der Waals surface area contributed by atoms with Crippen LogP contribution in [0.25, 0.3) is 0 Å². The van der Waals surface area contributed by atoms with Gasteiger partial charge in [-0.15, -0.1) is 0 Å². The number of hydrogen-bond donors (Lipinski definition) is 1. The van der Waals surface area contributed by atoms with Crippen molar-refractivity contribution in [2.24, 2.45) is 4.99 Å². The van der Waals surface area contributed by atoms with Crippen LogP contribution in [0.3, 0.4) is 0 Å². The Labute approximate surface area is 53.8 Å². The molecule has 0 bridgehead atoms. The summed E-state index contributed by atoms with van der Waals surface area (Å²) >= 11 is 0. The van der Waals surface area contributed by atoms with Crippen molar-refractivity contribution in [1.82, 2.24) is 4.90 Å². The molecule has 9 heavy (non-hydrogen) atoms. The van der Waals surface area contributed by atoms with Gasteiger partial charge in [-0.1, -0.05) is 0 Å². The molecule has 0 spiro atoms. The molecule has 0 saturated heterocycles. The molecule has 4 nitrogen and oxygen atoms in total. The monoisotopic (exact) mass is 130 g/mol. The molecule has 0 amide bonds. The highest BCUT2D eigenvalue weighted by atomic mass is 16.5. The van der Waals surface area contributed by atoms with Crippen LogP contribution in [0.15, 0.2) is 4.99 Å². The molecular formula is C5H10N2O2. The predicted molar refractivity (Wildman–Crippen MR) is 33.1 cm³/mol. The number of ether oxygens (including phenoxy) is 1. The van der Waals surface area contributed by atoms with Crippen LogP contribution in [0.5, 0.6) is 0 Å². The van der Waals surface area contributed by atoms with Gasteiger partial charge in [-0.2, -0.15) is 0 Å². The van der Waals surface area contributed by atoms with Gasteiger partial charge in [0, 0.05) is 7.05 Å². The molecule has 1 rings (SSSR count). The van der Waals surface area contributed by atoms with Crippen LogP contribution in [0.1, 0.15) is 0 Å². The molecule has 0 aliphatic carbocycles. The second-order valence-corrected chi connectivity index (χ2v) is 1.92. The van der Waals surface area contributed by atoms with Crippen LogP contribution in [0.4, 0.5) is 0 Å². The van der Waals surface area contributed by atoms with Crippen molar-refractivity contribution in [3.8, 4) is 0 Å². The van der Waals surface area contributed by atoms with Crippen LogP contribution < -0.4 is 0 Å². The summed E-state index contributed by atoms with van der Waals surface area (Å²) in [6.07, 6.45) is -0.500. The van der Waals surface area contributed by atoms with Crippen LogP contribution in [0, 0.1) is 0 Å². The first-order valence-electron chi connectivity index (χ1n) is 2.75. The molecule has 0 saturated carbocycles. The summed E-state index contributed by atoms with van der Waals surface area (Å²) in [6.45, 7) is 0.416. The van der Waals surface area contributed by atoms with Gasteiger partial charge >= 0.3 is 0 Å². The maximum absolute atomic E-state index is 9.03. The van der Waals surface area contributed by atoms with E-state index in [1.165, 1.54) is 7.11 Å². The molecule has 4 heteroatoms. The third-order valence-corrected chi connectivity index (χ3v) is 1.32. The summed E-state index contributed by atoms with van der Waals surface area (Å²) in [6, 6.07) is 0.502. The smallest absolute Gasteiger partial charge is 0.289 e. The number of nitrogens with zero attached hydrogens (tertiary/aromatic N) is 2. The Kier molecular flexibility index (Phi) is 1.57. The van der Waals surface area contributed by atoms with Crippen molar-refractivity contribution in [2.45, 2.75) is 6.23 Å². The predicted octanol–water partition coefficient (Wildman–Crippen LogP) is -0.747. The van der Waals surface area contributed by atoms with E-state index in [0.717, 1.165) is 0 Å². The van der Waals surface area contributed by atoms with Crippen LogP contribution in [0.2, 0.25) is 0 Å². The molecular weight excluding hydrogens is 120 g/mol. The van der Waals surface area contributed by atoms with Crippen molar-refractivity contribution in [1.29, 1.82) is 0 Å². The fourth-order valence-electron chi connectivity index (χ4n) is 0.730. The average Bonchev–Trinajstić information content (AvgIpc) is 2.15. The third-order valence-electron chi connectivity index (χ3n) is 1.32. The van der Waals surface area contributed by atoms with E-state index < -0.39 is 6.23 Å². The molecule has 0 radical (unpaired) electrons. The number of aliphatic imine (C=N–C) groups is 1. The van der Waals surface area contributed by atoms with E-state index >= 15 is 0 Å². The molecule has 52 valence electrons. The highest BCUT2D eigenvalue weighted by Crippen LogP contribution is 2.04. The van der Waals surface area contributed by atoms with Crippen LogP contribution >= 0.6 is 0 Å². The summed E-state index contributed by atoms with van der Waals surface area (Å²) in [5.41, 5.74) is 0. The zero-order valence-corrected chi connectivity index (χ0v) is 5.53. The Balaban J connectivity index is 2.55. The Morgan fingerprint density at radius 2 is 2.56 bits per heavy atom. The quantitative estimate of drug-likeness (QED) is 0.469. The van der Waals surface area contributed by atoms with Crippen molar-refractivity contribution < 1.29 is 9.84 Å². The lowest BCUT2D eigenvalue weighted by Crippen LogP contribution is -2.33. The Hall–Kier alpha value is -0.770. The van der Waals surface area contributed by atoms with E-state index in [1.54, 1.807) is 11.9 Å². The molecule has 1 N–H and O–H groups in total. The number of hydrogen-bond acceptors (Lipinski definition) is 4. The average molecular weight is 130 g/mol. The molecule has 0 aromatic rings. The van der Waals surface area contributed by atoms with Crippen LogP contribution in [-0.4, -0.2) is 43.0 Å². The summed E-state index contributed by atoms with van der Waals surface area (Å²) < 4.78 is 4.81. The van der Waals surface area contributed by atoms with E-state index in [9.17, 15) is 0 Å². The third kappa shape index (κ3) is 0.977. The molecule has 0 aromatic heterocycles. The van der Waals surface area contributed by atoms with Gasteiger partial charge in [0.25, 0.3) is 6.02 Å². The minimum absolute atomic E-state index is 0.416. The number of likely N-dealkylation sites (N-methyl/N-ethyl adjacent to an activating group) is 1. The first kappa shape index (κ1) is 6.35. The fourth-order valence-corrected chi connectivity index (χ4v) is 0.730. The van der Waals surface area contributed by atoms with Gasteiger partial charge in [-0.25, -0.2) is 4.99 Å². The highest BCUT2D eigenvalue weighted by molar-refractivity contribution is 5.75. The van der Waals surface area contributed by atoms with Crippen LogP contribution in [-0.2, 0) is 4.74 Å². The fraction of sp³-hybridized carbons (Fsp3) is 0.800. The molecule has 1 atom stereocenters. The number of rotatable bonds is 0. The first-order chi connectivity index (χ1) is 4.25. The summed E-state index contributed by atoms with van der Waals surface area (Å²) in [5, 5.41) is 9.03. The van der Waals surface area contributed by atoms with E-state index in [4.69, 9.17) is 9.84 Å². The number of aliphatic hydroxyl groups excluding tert-OH is 1. The van der Waals surface area contributed by atoms with Gasteiger partial charge in [0.2, 0.25) is 0 Å². The normalized spacial score (nSPS) is 26.3. The van der Waals surface area contributed by atoms with Crippen molar-refractivity contribution in [3.05, 3.63) is 0 Å². The summed E-state index contributed by atoms with van der Waals surface area (Å²) in [7, 11) is 3.27. The molecule has 0 aromatic carbocycles. The minimum Gasteiger partial charge on any atom is -0.468 e. The SMILES string of the molecule is COC1=NCC(O)N1C. The molecule has 1 aliphatic rings. The van der Waals surface area contributed by atoms with E-state index in [2.05, 4.69) is 4.99 Å². The lowest BCUT2D eigenvalue weighted by molar-refractivity contribution is 0.0794. The van der Waals surface area contributed by atoms with E-state index in [1.807, 2.05) is 0 Å². The largest absolute Gasteiger partial charge is 0.468 e. The number of amidine groups is 1. The molecule has 1 heterocycles. The highest BCUT2D eigenvalue weighted by Gasteiger charge is 2.21. The lowest BCUT2D eigenvalue weighted by Gasteiger charge is -2.15. The Bertz CT molecular complexity index is 135. The number of aliphatic hydroxyl groups is 1. The molecule has 1 aliphatic heterocycles. The lowest BCUT2D eigenvalue weighted by atomic mass is 10.6. The zero-order valence-electron chi connectivity index (χ0n) is 5.53. The maximum Gasteiger partial charge on any atom is 0.289 e. The van der Waals surface area contributed by atoms with Crippen molar-refractivity contribution >= 4 is 6.02 Å². The standard InChI is InChI=1S/C5H10N2O2/c1-7-4(8)3-6-5(7)9-2/h4,8H,3H2,1-2H3. The maximum atomic E-state index is 9.03. The second kappa shape index (κ2) is 2.23. The summed E-state index contributed by atoms with van der Waals surface area (Å²) in [5.74, 6) is 0.